The van der Waals surface area contributed by atoms with E-state index in [4.69, 9.17) is 5.11 Å². The standard InChI is InChI=1S/C17H16F2N2O3/c18-12-8-13(19)10-14(9-12)20-16(23)17(24)21-15(6-7-22)11-4-2-1-3-5-11/h1-5,8-10,15,22H,6-7H2,(H,20,23)(H,21,24). The second-order valence-corrected chi connectivity index (χ2v) is 5.06. The van der Waals surface area contributed by atoms with Crippen LogP contribution < -0.4 is 10.6 Å². The molecule has 2 aromatic carbocycles. The molecule has 0 aliphatic rings. The maximum Gasteiger partial charge on any atom is 0.313 e. The highest BCUT2D eigenvalue weighted by atomic mass is 19.1. The Bertz CT molecular complexity index is 703. The molecule has 0 heterocycles. The summed E-state index contributed by atoms with van der Waals surface area (Å²) in [5.74, 6) is -3.76. The number of carbonyl (C=O) groups excluding carboxylic acids is 2. The fourth-order valence-electron chi connectivity index (χ4n) is 2.17. The quantitative estimate of drug-likeness (QED) is 0.733. The predicted molar refractivity (Wildman–Crippen MR) is 84.0 cm³/mol. The minimum atomic E-state index is -1.06. The topological polar surface area (TPSA) is 78.4 Å². The SMILES string of the molecule is O=C(Nc1cc(F)cc(F)c1)C(=O)NC(CCO)c1ccccc1. The number of aliphatic hydroxyl groups excluding tert-OH is 1. The molecule has 2 amide bonds. The molecule has 7 heteroatoms. The second kappa shape index (κ2) is 8.16. The van der Waals surface area contributed by atoms with Crippen molar-refractivity contribution >= 4 is 17.5 Å². The van der Waals surface area contributed by atoms with Crippen LogP contribution in [0.4, 0.5) is 14.5 Å². The third-order valence-corrected chi connectivity index (χ3v) is 3.25. The summed E-state index contributed by atoms with van der Waals surface area (Å²) in [6, 6.07) is 10.7. The Hall–Kier alpha value is -2.80. The van der Waals surface area contributed by atoms with Gasteiger partial charge in [-0.3, -0.25) is 9.59 Å². The van der Waals surface area contributed by atoms with Gasteiger partial charge < -0.3 is 15.7 Å². The molecule has 3 N–H and O–H groups in total. The van der Waals surface area contributed by atoms with Crippen molar-refractivity contribution in [3.63, 3.8) is 0 Å². The van der Waals surface area contributed by atoms with Crippen LogP contribution in [-0.4, -0.2) is 23.5 Å². The smallest absolute Gasteiger partial charge is 0.313 e. The number of anilines is 1. The van der Waals surface area contributed by atoms with Gasteiger partial charge >= 0.3 is 11.8 Å². The Morgan fingerprint density at radius 1 is 1.00 bits per heavy atom. The summed E-state index contributed by atoms with van der Waals surface area (Å²) in [5.41, 5.74) is 0.565. The Morgan fingerprint density at radius 2 is 1.62 bits per heavy atom. The summed E-state index contributed by atoms with van der Waals surface area (Å²) in [6.07, 6.45) is 0.220. The highest BCUT2D eigenvalue weighted by molar-refractivity contribution is 6.39. The van der Waals surface area contributed by atoms with Crippen molar-refractivity contribution < 1.29 is 23.5 Å². The van der Waals surface area contributed by atoms with Gasteiger partial charge in [-0.1, -0.05) is 30.3 Å². The Labute approximate surface area is 137 Å². The molecule has 2 rings (SSSR count). The first-order valence-electron chi connectivity index (χ1n) is 7.23. The lowest BCUT2D eigenvalue weighted by atomic mass is 10.0. The van der Waals surface area contributed by atoms with Gasteiger partial charge in [0.1, 0.15) is 11.6 Å². The molecule has 0 fully saturated rings. The fourth-order valence-corrected chi connectivity index (χ4v) is 2.17. The van der Waals surface area contributed by atoms with E-state index in [0.29, 0.717) is 6.07 Å². The Kier molecular flexibility index (Phi) is 5.97. The Balaban J connectivity index is 2.05. The van der Waals surface area contributed by atoms with Crippen LogP contribution in [-0.2, 0) is 9.59 Å². The van der Waals surface area contributed by atoms with E-state index in [9.17, 15) is 18.4 Å². The van der Waals surface area contributed by atoms with Crippen LogP contribution in [0.25, 0.3) is 0 Å². The molecule has 0 aromatic heterocycles. The zero-order valence-electron chi connectivity index (χ0n) is 12.6. The number of aliphatic hydroxyl groups is 1. The van der Waals surface area contributed by atoms with Crippen LogP contribution in [0.2, 0.25) is 0 Å². The maximum atomic E-state index is 13.1. The van der Waals surface area contributed by atoms with Gasteiger partial charge in [-0.05, 0) is 24.1 Å². The average molecular weight is 334 g/mol. The highest BCUT2D eigenvalue weighted by Crippen LogP contribution is 2.16. The molecule has 24 heavy (non-hydrogen) atoms. The molecule has 126 valence electrons. The largest absolute Gasteiger partial charge is 0.396 e. The van der Waals surface area contributed by atoms with Gasteiger partial charge in [0.15, 0.2) is 0 Å². The van der Waals surface area contributed by atoms with E-state index in [1.54, 1.807) is 30.3 Å². The molecule has 0 aliphatic carbocycles. The van der Waals surface area contributed by atoms with Gasteiger partial charge in [-0.15, -0.1) is 0 Å². The van der Waals surface area contributed by atoms with E-state index in [2.05, 4.69) is 10.6 Å². The lowest BCUT2D eigenvalue weighted by molar-refractivity contribution is -0.136. The number of hydrogen-bond donors (Lipinski definition) is 3. The van der Waals surface area contributed by atoms with Gasteiger partial charge in [-0.25, -0.2) is 8.78 Å². The first-order chi connectivity index (χ1) is 11.5. The number of rotatable bonds is 5. The number of halogens is 2. The van der Waals surface area contributed by atoms with E-state index in [0.717, 1.165) is 17.7 Å². The molecule has 2 aromatic rings. The molecule has 0 radical (unpaired) electrons. The molecule has 0 bridgehead atoms. The van der Waals surface area contributed by atoms with Crippen LogP contribution in [0.3, 0.4) is 0 Å². The summed E-state index contributed by atoms with van der Waals surface area (Å²) in [7, 11) is 0. The Morgan fingerprint density at radius 3 is 2.21 bits per heavy atom. The van der Waals surface area contributed by atoms with Crippen LogP contribution in [0.5, 0.6) is 0 Å². The van der Waals surface area contributed by atoms with Crippen molar-refractivity contribution in [1.82, 2.24) is 5.32 Å². The normalized spacial score (nSPS) is 11.6. The number of amides is 2. The molecular formula is C17H16F2N2O3. The minimum absolute atomic E-state index is 0.161. The van der Waals surface area contributed by atoms with E-state index in [-0.39, 0.29) is 18.7 Å². The molecule has 0 saturated carbocycles. The molecule has 1 unspecified atom stereocenters. The van der Waals surface area contributed by atoms with Gasteiger partial charge in [0, 0.05) is 18.4 Å². The van der Waals surface area contributed by atoms with Gasteiger partial charge in [-0.2, -0.15) is 0 Å². The van der Waals surface area contributed by atoms with Crippen molar-refractivity contribution in [2.75, 3.05) is 11.9 Å². The van der Waals surface area contributed by atoms with Crippen molar-refractivity contribution in [3.05, 3.63) is 65.7 Å². The molecule has 0 aliphatic heterocycles. The maximum absolute atomic E-state index is 13.1. The predicted octanol–water partition coefficient (Wildman–Crippen LogP) is 2.14. The van der Waals surface area contributed by atoms with Gasteiger partial charge in [0.2, 0.25) is 0 Å². The summed E-state index contributed by atoms with van der Waals surface area (Å²) in [4.78, 5) is 23.9. The summed E-state index contributed by atoms with van der Waals surface area (Å²) in [6.45, 7) is -0.184. The van der Waals surface area contributed by atoms with Crippen LogP contribution in [0, 0.1) is 11.6 Å². The number of benzene rings is 2. The highest BCUT2D eigenvalue weighted by Gasteiger charge is 2.20. The summed E-state index contributed by atoms with van der Waals surface area (Å²) >= 11 is 0. The van der Waals surface area contributed by atoms with E-state index in [1.165, 1.54) is 0 Å². The van der Waals surface area contributed by atoms with E-state index in [1.807, 2.05) is 0 Å². The first kappa shape index (κ1) is 17.6. The van der Waals surface area contributed by atoms with Gasteiger partial charge in [0.05, 0.1) is 6.04 Å². The van der Waals surface area contributed by atoms with E-state index < -0.39 is 29.5 Å². The zero-order chi connectivity index (χ0) is 17.5. The molecule has 5 nitrogen and oxygen atoms in total. The van der Waals surface area contributed by atoms with Crippen LogP contribution in [0.1, 0.15) is 18.0 Å². The van der Waals surface area contributed by atoms with Crippen molar-refractivity contribution in [2.24, 2.45) is 0 Å². The lowest BCUT2D eigenvalue weighted by Crippen LogP contribution is -2.38. The first-order valence-corrected chi connectivity index (χ1v) is 7.23. The zero-order valence-corrected chi connectivity index (χ0v) is 12.6. The molecule has 0 spiro atoms. The fraction of sp³-hybridized carbons (Fsp3) is 0.176. The third-order valence-electron chi connectivity index (χ3n) is 3.25. The monoisotopic (exact) mass is 334 g/mol. The lowest BCUT2D eigenvalue weighted by Gasteiger charge is -2.18. The van der Waals surface area contributed by atoms with E-state index >= 15 is 0 Å². The van der Waals surface area contributed by atoms with Crippen LogP contribution in [0.15, 0.2) is 48.5 Å². The third kappa shape index (κ3) is 4.85. The van der Waals surface area contributed by atoms with Crippen molar-refractivity contribution in [2.45, 2.75) is 12.5 Å². The molecular weight excluding hydrogens is 318 g/mol. The van der Waals surface area contributed by atoms with Crippen LogP contribution >= 0.6 is 0 Å². The summed E-state index contributed by atoms with van der Waals surface area (Å²) in [5, 5.41) is 13.7. The molecule has 1 atom stereocenters. The van der Waals surface area contributed by atoms with Crippen molar-refractivity contribution in [3.8, 4) is 0 Å². The molecule has 0 saturated heterocycles. The minimum Gasteiger partial charge on any atom is -0.396 e. The second-order valence-electron chi connectivity index (χ2n) is 5.06. The summed E-state index contributed by atoms with van der Waals surface area (Å²) < 4.78 is 26.2. The number of hydrogen-bond acceptors (Lipinski definition) is 3. The average Bonchev–Trinajstić information content (AvgIpc) is 2.54. The number of nitrogens with one attached hydrogen (secondary N) is 2. The van der Waals surface area contributed by atoms with Gasteiger partial charge in [0.25, 0.3) is 0 Å². The number of carbonyl (C=O) groups is 2. The van der Waals surface area contributed by atoms with Crippen molar-refractivity contribution in [1.29, 1.82) is 0 Å².